The molecule has 128 valence electrons. The molecule has 2 aromatic rings. The van der Waals surface area contributed by atoms with Crippen LogP contribution in [-0.2, 0) is 16.6 Å². The summed E-state index contributed by atoms with van der Waals surface area (Å²) in [4.78, 5) is 16.9. The van der Waals surface area contributed by atoms with Crippen molar-refractivity contribution in [2.45, 2.75) is 39.3 Å². The van der Waals surface area contributed by atoms with Crippen LogP contribution in [0.5, 0.6) is 0 Å². The molecular formula is C18H24N4O2. The lowest BCUT2D eigenvalue weighted by molar-refractivity contribution is -0.127. The van der Waals surface area contributed by atoms with E-state index >= 15 is 0 Å². The van der Waals surface area contributed by atoms with Gasteiger partial charge in [0.05, 0.1) is 23.8 Å². The Balaban J connectivity index is 1.77. The molecule has 6 nitrogen and oxygen atoms in total. The van der Waals surface area contributed by atoms with Crippen LogP contribution in [0.3, 0.4) is 0 Å². The first-order valence-corrected chi connectivity index (χ1v) is 8.31. The molecule has 3 heterocycles. The molecule has 3 atom stereocenters. The molecule has 1 aliphatic heterocycles. The zero-order valence-corrected chi connectivity index (χ0v) is 14.6. The predicted octanol–water partition coefficient (Wildman–Crippen LogP) is 2.39. The number of nitrogens with one attached hydrogen (secondary N) is 1. The maximum atomic E-state index is 12.8. The number of hydrogen-bond acceptors (Lipinski definition) is 4. The maximum Gasteiger partial charge on any atom is 0.226 e. The second-order valence-corrected chi connectivity index (χ2v) is 6.41. The summed E-state index contributed by atoms with van der Waals surface area (Å²) in [6.45, 7) is 6.56. The summed E-state index contributed by atoms with van der Waals surface area (Å²) in [5.74, 6) is -0.165. The van der Waals surface area contributed by atoms with Gasteiger partial charge in [0.1, 0.15) is 0 Å². The number of ether oxygens (including phenoxy) is 1. The lowest BCUT2D eigenvalue weighted by Crippen LogP contribution is -2.34. The molecule has 1 N–H and O–H groups in total. The number of rotatable bonds is 4. The largest absolute Gasteiger partial charge is 0.373 e. The second-order valence-electron chi connectivity index (χ2n) is 6.41. The Kier molecular flexibility index (Phi) is 4.66. The highest BCUT2D eigenvalue weighted by Gasteiger charge is 2.38. The van der Waals surface area contributed by atoms with Crippen molar-refractivity contribution < 1.29 is 9.53 Å². The molecule has 0 saturated carbocycles. The molecule has 0 bridgehead atoms. The van der Waals surface area contributed by atoms with Gasteiger partial charge in [-0.3, -0.25) is 14.5 Å². The molecule has 6 heteroatoms. The average molecular weight is 328 g/mol. The number of carbonyl (C=O) groups is 1. The smallest absolute Gasteiger partial charge is 0.226 e. The fourth-order valence-electron chi connectivity index (χ4n) is 3.38. The SMILES string of the molecule is Cc1nn(C)c(C)c1[C@H]1OCC[C@@H]1C(=O)NC(C)c1cccnc1. The van der Waals surface area contributed by atoms with Gasteiger partial charge in [-0.2, -0.15) is 5.10 Å². The van der Waals surface area contributed by atoms with Gasteiger partial charge in [-0.05, 0) is 38.8 Å². The minimum atomic E-state index is -0.222. The van der Waals surface area contributed by atoms with E-state index in [2.05, 4.69) is 15.4 Å². The molecule has 1 amide bonds. The Labute approximate surface area is 142 Å². The molecule has 1 fully saturated rings. The van der Waals surface area contributed by atoms with E-state index in [-0.39, 0.29) is 24.0 Å². The molecule has 3 rings (SSSR count). The molecule has 2 aromatic heterocycles. The highest BCUT2D eigenvalue weighted by molar-refractivity contribution is 5.80. The van der Waals surface area contributed by atoms with Crippen LogP contribution in [0, 0.1) is 19.8 Å². The quantitative estimate of drug-likeness (QED) is 0.935. The van der Waals surface area contributed by atoms with E-state index in [0.29, 0.717) is 6.61 Å². The number of nitrogens with zero attached hydrogens (tertiary/aromatic N) is 3. The lowest BCUT2D eigenvalue weighted by atomic mass is 9.92. The summed E-state index contributed by atoms with van der Waals surface area (Å²) < 4.78 is 7.76. The van der Waals surface area contributed by atoms with Crippen molar-refractivity contribution in [2.24, 2.45) is 13.0 Å². The van der Waals surface area contributed by atoms with Crippen LogP contribution in [0.4, 0.5) is 0 Å². The molecule has 24 heavy (non-hydrogen) atoms. The van der Waals surface area contributed by atoms with Crippen LogP contribution in [0.1, 0.15) is 48.0 Å². The van der Waals surface area contributed by atoms with Gasteiger partial charge in [0.25, 0.3) is 0 Å². The van der Waals surface area contributed by atoms with E-state index in [0.717, 1.165) is 28.9 Å². The van der Waals surface area contributed by atoms with Crippen LogP contribution in [0.2, 0.25) is 0 Å². The molecule has 0 radical (unpaired) electrons. The van der Waals surface area contributed by atoms with Crippen molar-refractivity contribution in [3.05, 3.63) is 47.0 Å². The normalized spacial score (nSPS) is 21.7. The number of aromatic nitrogens is 3. The van der Waals surface area contributed by atoms with E-state index in [1.807, 2.05) is 44.6 Å². The highest BCUT2D eigenvalue weighted by Crippen LogP contribution is 2.38. The highest BCUT2D eigenvalue weighted by atomic mass is 16.5. The number of carbonyl (C=O) groups excluding carboxylic acids is 1. The van der Waals surface area contributed by atoms with E-state index in [9.17, 15) is 4.79 Å². The molecule has 0 aliphatic carbocycles. The van der Waals surface area contributed by atoms with Crippen LogP contribution < -0.4 is 5.32 Å². The molecule has 0 aromatic carbocycles. The van der Waals surface area contributed by atoms with Gasteiger partial charge >= 0.3 is 0 Å². The maximum absolute atomic E-state index is 12.8. The summed E-state index contributed by atoms with van der Waals surface area (Å²) >= 11 is 0. The van der Waals surface area contributed by atoms with Gasteiger partial charge in [0.2, 0.25) is 5.91 Å². The summed E-state index contributed by atoms with van der Waals surface area (Å²) in [6.07, 6.45) is 4.01. The van der Waals surface area contributed by atoms with Gasteiger partial charge in [0.15, 0.2) is 0 Å². The Hall–Kier alpha value is -2.21. The third kappa shape index (κ3) is 3.06. The van der Waals surface area contributed by atoms with Crippen LogP contribution in [-0.4, -0.2) is 27.3 Å². The summed E-state index contributed by atoms with van der Waals surface area (Å²) in [5, 5.41) is 7.55. The Bertz CT molecular complexity index is 726. The molecular weight excluding hydrogens is 304 g/mol. The topological polar surface area (TPSA) is 69.0 Å². The van der Waals surface area contributed by atoms with E-state index < -0.39 is 0 Å². The zero-order valence-electron chi connectivity index (χ0n) is 14.6. The Morgan fingerprint density at radius 3 is 2.88 bits per heavy atom. The van der Waals surface area contributed by atoms with E-state index in [1.54, 1.807) is 12.4 Å². The van der Waals surface area contributed by atoms with Crippen molar-refractivity contribution >= 4 is 5.91 Å². The second kappa shape index (κ2) is 6.73. The number of pyridine rings is 1. The Morgan fingerprint density at radius 1 is 1.46 bits per heavy atom. The molecule has 1 saturated heterocycles. The first-order valence-electron chi connectivity index (χ1n) is 8.31. The molecule has 0 spiro atoms. The third-order valence-electron chi connectivity index (χ3n) is 4.82. The minimum absolute atomic E-state index is 0.0245. The Morgan fingerprint density at radius 2 is 2.25 bits per heavy atom. The van der Waals surface area contributed by atoms with E-state index in [4.69, 9.17) is 4.74 Å². The first-order chi connectivity index (χ1) is 11.5. The summed E-state index contributed by atoms with van der Waals surface area (Å²) in [5.41, 5.74) is 4.02. The fraction of sp³-hybridized carbons (Fsp3) is 0.500. The van der Waals surface area contributed by atoms with Gasteiger partial charge in [-0.1, -0.05) is 6.07 Å². The standard InChI is InChI=1S/C18H24N4O2/c1-11(14-6-5-8-19-10-14)20-18(23)15-7-9-24-17(15)16-12(2)21-22(4)13(16)3/h5-6,8,10-11,15,17H,7,9H2,1-4H3,(H,20,23)/t11?,15-,17-/m0/s1. The number of amides is 1. The average Bonchev–Trinajstić information content (AvgIpc) is 3.13. The van der Waals surface area contributed by atoms with Crippen LogP contribution in [0.15, 0.2) is 24.5 Å². The number of aryl methyl sites for hydroxylation is 2. The summed E-state index contributed by atoms with van der Waals surface area (Å²) in [6, 6.07) is 3.77. The minimum Gasteiger partial charge on any atom is -0.373 e. The van der Waals surface area contributed by atoms with Crippen molar-refractivity contribution in [1.29, 1.82) is 0 Å². The van der Waals surface area contributed by atoms with E-state index in [1.165, 1.54) is 0 Å². The van der Waals surface area contributed by atoms with Gasteiger partial charge in [0, 0.05) is 37.3 Å². The molecule has 1 aliphatic rings. The van der Waals surface area contributed by atoms with Gasteiger partial charge in [-0.15, -0.1) is 0 Å². The third-order valence-corrected chi connectivity index (χ3v) is 4.82. The first kappa shape index (κ1) is 16.6. The summed E-state index contributed by atoms with van der Waals surface area (Å²) in [7, 11) is 1.92. The van der Waals surface area contributed by atoms with Crippen molar-refractivity contribution in [2.75, 3.05) is 6.61 Å². The molecule has 1 unspecified atom stereocenters. The van der Waals surface area contributed by atoms with Crippen molar-refractivity contribution in [3.8, 4) is 0 Å². The van der Waals surface area contributed by atoms with Crippen LogP contribution >= 0.6 is 0 Å². The fourth-order valence-corrected chi connectivity index (χ4v) is 3.38. The zero-order chi connectivity index (χ0) is 17.3. The van der Waals surface area contributed by atoms with Crippen molar-refractivity contribution in [1.82, 2.24) is 20.1 Å². The van der Waals surface area contributed by atoms with Gasteiger partial charge < -0.3 is 10.1 Å². The lowest BCUT2D eigenvalue weighted by Gasteiger charge is -2.21. The number of hydrogen-bond donors (Lipinski definition) is 1. The van der Waals surface area contributed by atoms with Crippen LogP contribution in [0.25, 0.3) is 0 Å². The monoisotopic (exact) mass is 328 g/mol. The van der Waals surface area contributed by atoms with Crippen molar-refractivity contribution in [3.63, 3.8) is 0 Å². The predicted molar refractivity (Wildman–Crippen MR) is 90.3 cm³/mol. The van der Waals surface area contributed by atoms with Gasteiger partial charge in [-0.25, -0.2) is 0 Å².